The van der Waals surface area contributed by atoms with Gasteiger partial charge in [0.15, 0.2) is 5.01 Å². The summed E-state index contributed by atoms with van der Waals surface area (Å²) in [6.45, 7) is 2.32. The molecule has 0 saturated carbocycles. The van der Waals surface area contributed by atoms with Gasteiger partial charge in [0.2, 0.25) is 0 Å². The molecule has 0 spiro atoms. The molecule has 7 heteroatoms. The van der Waals surface area contributed by atoms with E-state index in [1.54, 1.807) is 11.3 Å². The molecule has 2 atom stereocenters. The molecule has 30 heavy (non-hydrogen) atoms. The van der Waals surface area contributed by atoms with Gasteiger partial charge >= 0.3 is 0 Å². The monoisotopic (exact) mass is 417 g/mol. The highest BCUT2D eigenvalue weighted by molar-refractivity contribution is 7.16. The molecule has 0 amide bonds. The highest BCUT2D eigenvalue weighted by Crippen LogP contribution is 2.38. The maximum absolute atomic E-state index is 6.53. The van der Waals surface area contributed by atoms with Gasteiger partial charge in [-0.25, -0.2) is 0 Å². The van der Waals surface area contributed by atoms with Crippen LogP contribution < -0.4 is 4.74 Å². The van der Waals surface area contributed by atoms with E-state index in [2.05, 4.69) is 55.4 Å². The summed E-state index contributed by atoms with van der Waals surface area (Å²) in [6.07, 6.45) is 9.28. The lowest BCUT2D eigenvalue weighted by Crippen LogP contribution is -2.60. The van der Waals surface area contributed by atoms with Crippen LogP contribution in [0.1, 0.15) is 18.4 Å². The molecule has 3 aliphatic rings. The first-order chi connectivity index (χ1) is 14.8. The molecule has 4 aromatic rings. The van der Waals surface area contributed by atoms with Crippen LogP contribution in [-0.2, 0) is 6.42 Å². The summed E-state index contributed by atoms with van der Waals surface area (Å²) in [6, 6.07) is 12.9. The van der Waals surface area contributed by atoms with Gasteiger partial charge in [-0.2, -0.15) is 0 Å². The van der Waals surface area contributed by atoms with E-state index in [4.69, 9.17) is 4.74 Å². The van der Waals surface area contributed by atoms with Crippen molar-refractivity contribution in [2.24, 2.45) is 5.92 Å². The largest absolute Gasteiger partial charge is 0.464 e. The number of nitrogens with zero attached hydrogens (tertiary/aromatic N) is 4. The number of aromatic amines is 1. The second-order valence-electron chi connectivity index (χ2n) is 8.24. The Labute approximate surface area is 178 Å². The van der Waals surface area contributed by atoms with E-state index < -0.39 is 0 Å². The molecular formula is C23H23N5OS. The number of aromatic nitrogens is 4. The summed E-state index contributed by atoms with van der Waals surface area (Å²) in [5.41, 5.74) is 3.47. The van der Waals surface area contributed by atoms with Gasteiger partial charge in [-0.1, -0.05) is 22.5 Å². The van der Waals surface area contributed by atoms with Crippen LogP contribution in [-0.4, -0.2) is 50.3 Å². The van der Waals surface area contributed by atoms with Crippen LogP contribution in [0.4, 0.5) is 0 Å². The van der Waals surface area contributed by atoms with E-state index in [-0.39, 0.29) is 6.10 Å². The standard InChI is InChI=1S/C23H23N5OS/c1-2-15(14-24-8-1)12-20-21(16-6-10-28(20)11-7-16)29-23-27-26-22(30-23)18-3-4-19-17(13-18)5-9-25-19/h1-5,8-9,13-14,16,20-21,25H,6-7,10-12H2/t20-,21+/m1/s1. The van der Waals surface area contributed by atoms with E-state index in [0.29, 0.717) is 17.2 Å². The summed E-state index contributed by atoms with van der Waals surface area (Å²) < 4.78 is 6.53. The highest BCUT2D eigenvalue weighted by Gasteiger charge is 2.44. The van der Waals surface area contributed by atoms with E-state index >= 15 is 0 Å². The number of piperidine rings is 3. The van der Waals surface area contributed by atoms with Crippen molar-refractivity contribution in [2.45, 2.75) is 31.4 Å². The Bertz CT molecular complexity index is 1150. The Morgan fingerprint density at radius 2 is 2.07 bits per heavy atom. The fourth-order valence-corrected chi connectivity index (χ4v) is 5.69. The zero-order valence-corrected chi connectivity index (χ0v) is 17.4. The third-order valence-electron chi connectivity index (χ3n) is 6.50. The Morgan fingerprint density at radius 3 is 2.93 bits per heavy atom. The first-order valence-electron chi connectivity index (χ1n) is 10.5. The molecule has 3 saturated heterocycles. The molecule has 3 aliphatic heterocycles. The minimum Gasteiger partial charge on any atom is -0.464 e. The quantitative estimate of drug-likeness (QED) is 0.528. The van der Waals surface area contributed by atoms with Crippen molar-refractivity contribution in [3.05, 3.63) is 60.6 Å². The van der Waals surface area contributed by atoms with Crippen molar-refractivity contribution in [3.63, 3.8) is 0 Å². The average Bonchev–Trinajstić information content (AvgIpc) is 3.46. The van der Waals surface area contributed by atoms with E-state index in [0.717, 1.165) is 35.6 Å². The molecule has 3 aromatic heterocycles. The van der Waals surface area contributed by atoms with Crippen LogP contribution in [0, 0.1) is 5.92 Å². The molecule has 152 valence electrons. The number of rotatable bonds is 5. The Kier molecular flexibility index (Phi) is 4.50. The summed E-state index contributed by atoms with van der Waals surface area (Å²) in [5.74, 6) is 0.584. The molecule has 3 fully saturated rings. The first kappa shape index (κ1) is 18.0. The molecule has 1 N–H and O–H groups in total. The third kappa shape index (κ3) is 3.28. The number of hydrogen-bond donors (Lipinski definition) is 1. The average molecular weight is 418 g/mol. The van der Waals surface area contributed by atoms with Crippen molar-refractivity contribution in [2.75, 3.05) is 13.1 Å². The first-order valence-corrected chi connectivity index (χ1v) is 11.4. The second-order valence-corrected chi connectivity index (χ2v) is 9.18. The van der Waals surface area contributed by atoms with Crippen LogP contribution in [0.2, 0.25) is 0 Å². The minimum atomic E-state index is 0.153. The maximum Gasteiger partial charge on any atom is 0.294 e. The van der Waals surface area contributed by atoms with Gasteiger partial charge < -0.3 is 9.72 Å². The number of ether oxygens (including phenoxy) is 1. The second kappa shape index (κ2) is 7.49. The van der Waals surface area contributed by atoms with Gasteiger partial charge in [0.25, 0.3) is 5.19 Å². The normalized spacial score (nSPS) is 25.6. The maximum atomic E-state index is 6.53. The van der Waals surface area contributed by atoms with E-state index in [9.17, 15) is 0 Å². The van der Waals surface area contributed by atoms with Gasteiger partial charge in [0.05, 0.1) is 6.04 Å². The zero-order valence-electron chi connectivity index (χ0n) is 16.6. The van der Waals surface area contributed by atoms with Crippen molar-refractivity contribution >= 4 is 22.2 Å². The Morgan fingerprint density at radius 1 is 1.13 bits per heavy atom. The Balaban J connectivity index is 1.24. The van der Waals surface area contributed by atoms with Crippen LogP contribution >= 0.6 is 11.3 Å². The number of H-pyrrole nitrogens is 1. The van der Waals surface area contributed by atoms with Gasteiger partial charge in [-0.3, -0.25) is 9.88 Å². The van der Waals surface area contributed by atoms with Crippen molar-refractivity contribution in [1.82, 2.24) is 25.1 Å². The van der Waals surface area contributed by atoms with Gasteiger partial charge in [0.1, 0.15) is 6.10 Å². The van der Waals surface area contributed by atoms with Crippen LogP contribution in [0.25, 0.3) is 21.5 Å². The lowest BCUT2D eigenvalue weighted by Gasteiger charge is -2.50. The number of benzene rings is 1. The molecule has 6 heterocycles. The number of fused-ring (bicyclic) bond motifs is 4. The van der Waals surface area contributed by atoms with E-state index in [1.807, 2.05) is 24.7 Å². The molecule has 6 nitrogen and oxygen atoms in total. The lowest BCUT2D eigenvalue weighted by atomic mass is 9.78. The van der Waals surface area contributed by atoms with Gasteiger partial charge in [-0.15, -0.1) is 5.10 Å². The molecule has 1 aromatic carbocycles. The highest BCUT2D eigenvalue weighted by atomic mass is 32.1. The van der Waals surface area contributed by atoms with Crippen LogP contribution in [0.5, 0.6) is 5.19 Å². The summed E-state index contributed by atoms with van der Waals surface area (Å²) in [7, 11) is 0. The lowest BCUT2D eigenvalue weighted by molar-refractivity contribution is -0.0581. The molecule has 7 rings (SSSR count). The van der Waals surface area contributed by atoms with Crippen molar-refractivity contribution in [1.29, 1.82) is 0 Å². The van der Waals surface area contributed by atoms with Crippen molar-refractivity contribution < 1.29 is 4.74 Å². The molecule has 0 radical (unpaired) electrons. The van der Waals surface area contributed by atoms with Crippen LogP contribution in [0.3, 0.4) is 0 Å². The predicted octanol–water partition coefficient (Wildman–Crippen LogP) is 4.17. The van der Waals surface area contributed by atoms with Gasteiger partial charge in [0, 0.05) is 35.1 Å². The topological polar surface area (TPSA) is 66.9 Å². The summed E-state index contributed by atoms with van der Waals surface area (Å²) in [5, 5.41) is 11.6. The molecule has 2 bridgehead atoms. The van der Waals surface area contributed by atoms with Gasteiger partial charge in [-0.05, 0) is 74.2 Å². The number of nitrogens with one attached hydrogen (secondary N) is 1. The molecule has 0 aliphatic carbocycles. The molecular weight excluding hydrogens is 394 g/mol. The Hall–Kier alpha value is -2.77. The van der Waals surface area contributed by atoms with Crippen molar-refractivity contribution in [3.8, 4) is 15.8 Å². The fraction of sp³-hybridized carbons (Fsp3) is 0.348. The SMILES string of the molecule is c1cncc(C[C@@H]2[C@@H](Oc3nnc(-c4ccc5[nH]ccc5c4)s3)C3CCN2CC3)c1. The van der Waals surface area contributed by atoms with E-state index in [1.165, 1.54) is 23.8 Å². The smallest absolute Gasteiger partial charge is 0.294 e. The summed E-state index contributed by atoms with van der Waals surface area (Å²) in [4.78, 5) is 10.1. The number of hydrogen-bond acceptors (Lipinski definition) is 6. The molecule has 0 unspecified atom stereocenters. The predicted molar refractivity (Wildman–Crippen MR) is 118 cm³/mol. The minimum absolute atomic E-state index is 0.153. The van der Waals surface area contributed by atoms with Crippen LogP contribution in [0.15, 0.2) is 55.0 Å². The summed E-state index contributed by atoms with van der Waals surface area (Å²) >= 11 is 1.54. The zero-order chi connectivity index (χ0) is 19.9. The fourth-order valence-electron chi connectivity index (χ4n) is 4.96. The number of pyridine rings is 1. The third-order valence-corrected chi connectivity index (χ3v) is 7.36.